The minimum Gasteiger partial charge on any atom is -0.353 e. The first kappa shape index (κ1) is 14.4. The topological polar surface area (TPSA) is 33.4 Å². The number of nitrogens with zero attached hydrogens (tertiary/aromatic N) is 4. The fraction of sp³-hybridized carbons (Fsp3) is 0.273. The quantitative estimate of drug-likeness (QED) is 0.627. The zero-order valence-electron chi connectivity index (χ0n) is 10.4. The second kappa shape index (κ2) is 6.47. The molecule has 0 saturated carbocycles. The Kier molecular flexibility index (Phi) is 4.92. The zero-order valence-corrected chi connectivity index (χ0v) is 13.7. The lowest BCUT2D eigenvalue weighted by atomic mass is 10.3. The van der Waals surface area contributed by atoms with Crippen LogP contribution < -0.4 is 4.80 Å². The maximum absolute atomic E-state index is 5.35. The summed E-state index contributed by atoms with van der Waals surface area (Å²) in [5.41, 5.74) is 1.14. The summed E-state index contributed by atoms with van der Waals surface area (Å²) in [6.45, 7) is 0.691. The van der Waals surface area contributed by atoms with E-state index in [4.69, 9.17) is 24.4 Å². The molecule has 0 spiro atoms. The lowest BCUT2D eigenvalue weighted by Crippen LogP contribution is -2.23. The van der Waals surface area contributed by atoms with Crippen LogP contribution in [0.5, 0.6) is 0 Å². The van der Waals surface area contributed by atoms with Crippen molar-refractivity contribution in [2.45, 2.75) is 6.54 Å². The Balaban J connectivity index is 2.39. The predicted molar refractivity (Wildman–Crippen MR) is 86.2 cm³/mol. The standard InChI is InChI=1S/C11H12N4S4/c1-14(2)9(16)13-10-15(11(17)19-18-10)7-8-3-5-12-6-4-8/h3-6H,7H2,1-2H3/b13-10-. The highest BCUT2D eigenvalue weighted by Crippen LogP contribution is 2.08. The first-order valence-electron chi connectivity index (χ1n) is 5.43. The third-order valence-corrected chi connectivity index (χ3v) is 5.62. The Bertz CT molecular complexity index is 680. The van der Waals surface area contributed by atoms with E-state index in [1.165, 1.54) is 10.3 Å². The van der Waals surface area contributed by atoms with E-state index in [1.54, 1.807) is 27.6 Å². The summed E-state index contributed by atoms with van der Waals surface area (Å²) in [5.74, 6) is 0. The molecule has 0 bridgehead atoms. The van der Waals surface area contributed by atoms with Gasteiger partial charge < -0.3 is 4.90 Å². The highest BCUT2D eigenvalue weighted by atomic mass is 32.9. The van der Waals surface area contributed by atoms with E-state index in [1.807, 2.05) is 30.8 Å². The lowest BCUT2D eigenvalue weighted by Gasteiger charge is -2.08. The van der Waals surface area contributed by atoms with Crippen LogP contribution in [0.2, 0.25) is 0 Å². The molecule has 19 heavy (non-hydrogen) atoms. The van der Waals surface area contributed by atoms with Gasteiger partial charge in [-0.3, -0.25) is 9.55 Å². The van der Waals surface area contributed by atoms with Gasteiger partial charge in [0, 0.05) is 26.5 Å². The van der Waals surface area contributed by atoms with Crippen LogP contribution in [0.15, 0.2) is 29.5 Å². The largest absolute Gasteiger partial charge is 0.353 e. The summed E-state index contributed by atoms with van der Waals surface area (Å²) in [5, 5.41) is 0.549. The fourth-order valence-electron chi connectivity index (χ4n) is 1.30. The maximum Gasteiger partial charge on any atom is 0.204 e. The minimum atomic E-state index is 0.549. The summed E-state index contributed by atoms with van der Waals surface area (Å²) in [4.78, 5) is 11.1. The summed E-state index contributed by atoms with van der Waals surface area (Å²) in [6, 6.07) is 3.94. The molecule has 0 unspecified atom stereocenters. The van der Waals surface area contributed by atoms with Crippen molar-refractivity contribution in [3.63, 3.8) is 0 Å². The molecule has 0 fully saturated rings. The molecule has 0 amide bonds. The van der Waals surface area contributed by atoms with Gasteiger partial charge in [-0.25, -0.2) is 0 Å². The summed E-state index contributed by atoms with van der Waals surface area (Å²) >= 11 is 10.6. The van der Waals surface area contributed by atoms with Gasteiger partial charge in [-0.05, 0) is 62.8 Å². The summed E-state index contributed by atoms with van der Waals surface area (Å²) < 4.78 is 2.80. The van der Waals surface area contributed by atoms with E-state index >= 15 is 0 Å². The van der Waals surface area contributed by atoms with E-state index in [0.717, 1.165) is 14.3 Å². The number of pyridine rings is 1. The van der Waals surface area contributed by atoms with Crippen LogP contribution in [0.3, 0.4) is 0 Å². The molecule has 0 aliphatic carbocycles. The molecule has 4 nitrogen and oxygen atoms in total. The number of aromatic nitrogens is 2. The first-order chi connectivity index (χ1) is 9.08. The number of rotatable bonds is 2. The number of hydrogen-bond donors (Lipinski definition) is 0. The highest BCUT2D eigenvalue weighted by molar-refractivity contribution is 7.80. The maximum atomic E-state index is 5.35. The smallest absolute Gasteiger partial charge is 0.204 e. The van der Waals surface area contributed by atoms with E-state index in [9.17, 15) is 0 Å². The van der Waals surface area contributed by atoms with Gasteiger partial charge in [0.1, 0.15) is 0 Å². The molecule has 8 heteroatoms. The van der Waals surface area contributed by atoms with Crippen LogP contribution in [0, 0.1) is 3.95 Å². The third kappa shape index (κ3) is 3.75. The van der Waals surface area contributed by atoms with Gasteiger partial charge in [0.05, 0.1) is 6.54 Å². The summed E-state index contributed by atoms with van der Waals surface area (Å²) in [7, 11) is 6.84. The average molecular weight is 329 g/mol. The Morgan fingerprint density at radius 1 is 1.37 bits per heavy atom. The minimum absolute atomic E-state index is 0.549. The molecule has 2 aromatic heterocycles. The van der Waals surface area contributed by atoms with E-state index in [0.29, 0.717) is 11.7 Å². The van der Waals surface area contributed by atoms with Crippen molar-refractivity contribution in [3.05, 3.63) is 38.8 Å². The zero-order chi connectivity index (χ0) is 13.8. The van der Waals surface area contributed by atoms with Crippen molar-refractivity contribution in [2.75, 3.05) is 14.1 Å². The molecule has 0 N–H and O–H groups in total. The highest BCUT2D eigenvalue weighted by Gasteiger charge is 2.03. The van der Waals surface area contributed by atoms with Crippen LogP contribution in [0.1, 0.15) is 5.56 Å². The lowest BCUT2D eigenvalue weighted by molar-refractivity contribution is 0.624. The molecule has 0 aromatic carbocycles. The summed E-state index contributed by atoms with van der Waals surface area (Å²) in [6.07, 6.45) is 3.55. The van der Waals surface area contributed by atoms with Gasteiger partial charge in [0.15, 0.2) is 9.07 Å². The van der Waals surface area contributed by atoms with Gasteiger partial charge in [-0.2, -0.15) is 4.99 Å². The van der Waals surface area contributed by atoms with Gasteiger partial charge in [-0.15, -0.1) is 0 Å². The average Bonchev–Trinajstić information content (AvgIpc) is 2.72. The molecular formula is C11H12N4S4. The molecule has 2 heterocycles. The van der Waals surface area contributed by atoms with E-state index in [2.05, 4.69) is 9.98 Å². The molecule has 0 saturated heterocycles. The second-order valence-corrected chi connectivity index (χ2v) is 7.04. The Morgan fingerprint density at radius 3 is 2.68 bits per heavy atom. The van der Waals surface area contributed by atoms with Crippen molar-refractivity contribution < 1.29 is 0 Å². The number of hydrogen-bond acceptors (Lipinski definition) is 5. The van der Waals surface area contributed by atoms with Crippen molar-refractivity contribution in [3.8, 4) is 0 Å². The normalized spacial score (nSPS) is 11.6. The third-order valence-electron chi connectivity index (χ3n) is 2.30. The Morgan fingerprint density at radius 2 is 2.05 bits per heavy atom. The van der Waals surface area contributed by atoms with Crippen molar-refractivity contribution in [2.24, 2.45) is 4.99 Å². The molecular weight excluding hydrogens is 316 g/mol. The molecule has 0 aliphatic heterocycles. The molecule has 0 aliphatic rings. The molecule has 0 atom stereocenters. The number of thiocarbonyl (C=S) groups is 1. The van der Waals surface area contributed by atoms with Crippen molar-refractivity contribution >= 4 is 50.2 Å². The molecule has 0 radical (unpaired) electrons. The SMILES string of the molecule is CN(C)C(=S)/N=c1\ssc(=S)n1Cc1ccncc1. The predicted octanol–water partition coefficient (Wildman–Crippen LogP) is 2.53. The van der Waals surface area contributed by atoms with Crippen molar-refractivity contribution in [1.82, 2.24) is 14.5 Å². The van der Waals surface area contributed by atoms with Crippen LogP contribution in [-0.2, 0) is 6.54 Å². The fourth-order valence-corrected chi connectivity index (χ4v) is 3.87. The Hall–Kier alpha value is -0.960. The van der Waals surface area contributed by atoms with E-state index in [-0.39, 0.29) is 0 Å². The van der Waals surface area contributed by atoms with Crippen molar-refractivity contribution in [1.29, 1.82) is 0 Å². The van der Waals surface area contributed by atoms with Gasteiger partial charge in [0.25, 0.3) is 0 Å². The van der Waals surface area contributed by atoms with Gasteiger partial charge >= 0.3 is 0 Å². The molecule has 2 aromatic rings. The Labute approximate surface area is 129 Å². The second-order valence-electron chi connectivity index (χ2n) is 3.95. The monoisotopic (exact) mass is 328 g/mol. The van der Waals surface area contributed by atoms with Crippen LogP contribution in [0.25, 0.3) is 0 Å². The van der Waals surface area contributed by atoms with Crippen LogP contribution >= 0.6 is 45.1 Å². The van der Waals surface area contributed by atoms with Crippen LogP contribution in [-0.4, -0.2) is 33.7 Å². The van der Waals surface area contributed by atoms with Gasteiger partial charge in [0.2, 0.25) is 4.80 Å². The van der Waals surface area contributed by atoms with E-state index < -0.39 is 0 Å². The molecule has 2 rings (SSSR count). The first-order valence-corrected chi connectivity index (χ1v) is 8.39. The molecule has 100 valence electrons. The van der Waals surface area contributed by atoms with Crippen LogP contribution in [0.4, 0.5) is 0 Å². The van der Waals surface area contributed by atoms with Gasteiger partial charge in [-0.1, -0.05) is 0 Å².